The highest BCUT2D eigenvalue weighted by Crippen LogP contribution is 2.23. The van der Waals surface area contributed by atoms with Gasteiger partial charge in [0.15, 0.2) is 0 Å². The number of rotatable bonds is 6. The zero-order chi connectivity index (χ0) is 23.4. The van der Waals surface area contributed by atoms with Gasteiger partial charge in [0.05, 0.1) is 5.92 Å². The van der Waals surface area contributed by atoms with E-state index in [0.29, 0.717) is 24.3 Å². The zero-order valence-electron chi connectivity index (χ0n) is 18.8. The second-order valence-electron chi connectivity index (χ2n) is 8.50. The molecule has 0 aliphatic carbocycles. The molecule has 0 bridgehead atoms. The molecule has 3 aromatic rings. The number of likely N-dealkylation sites (tertiary alicyclic amines) is 1. The molecule has 0 unspecified atom stereocenters. The molecule has 3 aromatic carbocycles. The van der Waals surface area contributed by atoms with Crippen molar-refractivity contribution in [3.05, 3.63) is 95.1 Å². The molecule has 4 rings (SSSR count). The van der Waals surface area contributed by atoms with Gasteiger partial charge in [-0.2, -0.15) is 0 Å². The molecule has 2 N–H and O–H groups in total. The zero-order valence-corrected chi connectivity index (χ0v) is 18.8. The van der Waals surface area contributed by atoms with Crippen molar-refractivity contribution in [1.82, 2.24) is 4.90 Å². The van der Waals surface area contributed by atoms with Gasteiger partial charge in [-0.15, -0.1) is 0 Å². The van der Waals surface area contributed by atoms with Crippen molar-refractivity contribution in [3.8, 4) is 0 Å². The van der Waals surface area contributed by atoms with E-state index in [1.54, 1.807) is 29.2 Å². The van der Waals surface area contributed by atoms with Crippen LogP contribution in [0.1, 0.15) is 33.5 Å². The van der Waals surface area contributed by atoms with E-state index >= 15 is 0 Å². The molecule has 1 aliphatic rings. The van der Waals surface area contributed by atoms with Gasteiger partial charge in [-0.1, -0.05) is 54.1 Å². The van der Waals surface area contributed by atoms with Crippen LogP contribution in [0.5, 0.6) is 0 Å². The number of hydrogen-bond acceptors (Lipinski definition) is 3. The average Bonchev–Trinajstić information content (AvgIpc) is 3.17. The first kappa shape index (κ1) is 22.3. The Labute approximate surface area is 193 Å². The number of hydrogen-bond donors (Lipinski definition) is 2. The summed E-state index contributed by atoms with van der Waals surface area (Å²) in [6, 6.07) is 22.4. The summed E-state index contributed by atoms with van der Waals surface area (Å²) in [5, 5.41) is 5.79. The van der Waals surface area contributed by atoms with Gasteiger partial charge in [-0.3, -0.25) is 14.4 Å². The van der Waals surface area contributed by atoms with Crippen molar-refractivity contribution >= 4 is 29.1 Å². The summed E-state index contributed by atoms with van der Waals surface area (Å²) >= 11 is 0. The Morgan fingerprint density at radius 1 is 0.939 bits per heavy atom. The van der Waals surface area contributed by atoms with Crippen LogP contribution in [0.25, 0.3) is 0 Å². The minimum atomic E-state index is -0.422. The SMILES string of the molecule is Cc1ccc(NC(=O)c2cccc(NC(=O)[C@H]3CC(=O)N(Cc4ccccc4)C3)c2)c(C)c1. The molecule has 1 aliphatic heterocycles. The molecule has 6 nitrogen and oxygen atoms in total. The van der Waals surface area contributed by atoms with E-state index in [1.807, 2.05) is 62.4 Å². The molecule has 0 spiro atoms. The summed E-state index contributed by atoms with van der Waals surface area (Å²) in [6.07, 6.45) is 0.186. The van der Waals surface area contributed by atoms with E-state index in [1.165, 1.54) is 0 Å². The second kappa shape index (κ2) is 9.69. The van der Waals surface area contributed by atoms with Crippen LogP contribution >= 0.6 is 0 Å². The molecule has 6 heteroatoms. The number of amides is 3. The van der Waals surface area contributed by atoms with Crippen LogP contribution in [0.2, 0.25) is 0 Å². The van der Waals surface area contributed by atoms with Gasteiger partial charge in [0.2, 0.25) is 11.8 Å². The molecule has 1 saturated heterocycles. The quantitative estimate of drug-likeness (QED) is 0.589. The lowest BCUT2D eigenvalue weighted by molar-refractivity contribution is -0.128. The maximum atomic E-state index is 12.8. The third-order valence-electron chi connectivity index (χ3n) is 5.82. The van der Waals surface area contributed by atoms with Crippen molar-refractivity contribution in [2.24, 2.45) is 5.92 Å². The fraction of sp³-hybridized carbons (Fsp3) is 0.222. The fourth-order valence-electron chi connectivity index (χ4n) is 4.04. The monoisotopic (exact) mass is 441 g/mol. The van der Waals surface area contributed by atoms with Crippen molar-refractivity contribution in [2.75, 3.05) is 17.2 Å². The average molecular weight is 442 g/mol. The molecule has 33 heavy (non-hydrogen) atoms. The number of carbonyl (C=O) groups excluding carboxylic acids is 3. The number of anilines is 2. The summed E-state index contributed by atoms with van der Waals surface area (Å²) < 4.78 is 0. The number of nitrogens with one attached hydrogen (secondary N) is 2. The number of benzene rings is 3. The molecule has 1 atom stereocenters. The number of aryl methyl sites for hydroxylation is 2. The Morgan fingerprint density at radius 3 is 2.48 bits per heavy atom. The van der Waals surface area contributed by atoms with Crippen LogP contribution in [-0.2, 0) is 16.1 Å². The molecule has 0 saturated carbocycles. The van der Waals surface area contributed by atoms with Crippen molar-refractivity contribution in [1.29, 1.82) is 0 Å². The molecule has 1 heterocycles. The number of nitrogens with zero attached hydrogens (tertiary/aromatic N) is 1. The first-order chi connectivity index (χ1) is 15.9. The lowest BCUT2D eigenvalue weighted by atomic mass is 10.1. The summed E-state index contributed by atoms with van der Waals surface area (Å²) in [5.41, 5.74) is 4.88. The Kier molecular flexibility index (Phi) is 6.54. The van der Waals surface area contributed by atoms with Gasteiger partial charge in [0.1, 0.15) is 0 Å². The molecule has 1 fully saturated rings. The standard InChI is InChI=1S/C27H27N3O3/c1-18-11-12-24(19(2)13-18)29-26(32)21-9-6-10-23(14-21)28-27(33)22-15-25(31)30(17-22)16-20-7-4-3-5-8-20/h3-14,22H,15-17H2,1-2H3,(H,28,33)(H,29,32)/t22-/m0/s1. The Hall–Kier alpha value is -3.93. The summed E-state index contributed by atoms with van der Waals surface area (Å²) in [4.78, 5) is 39.7. The van der Waals surface area contributed by atoms with Crippen LogP contribution < -0.4 is 10.6 Å². The van der Waals surface area contributed by atoms with Crippen LogP contribution in [0, 0.1) is 19.8 Å². The van der Waals surface area contributed by atoms with Gasteiger partial charge in [-0.25, -0.2) is 0 Å². The van der Waals surface area contributed by atoms with Gasteiger partial charge in [0.25, 0.3) is 5.91 Å². The Morgan fingerprint density at radius 2 is 1.73 bits per heavy atom. The van der Waals surface area contributed by atoms with Crippen molar-refractivity contribution < 1.29 is 14.4 Å². The van der Waals surface area contributed by atoms with Gasteiger partial charge in [-0.05, 0) is 49.2 Å². The molecule has 168 valence electrons. The predicted molar refractivity (Wildman–Crippen MR) is 129 cm³/mol. The first-order valence-electron chi connectivity index (χ1n) is 11.0. The number of carbonyl (C=O) groups is 3. The van der Waals surface area contributed by atoms with Gasteiger partial charge in [0, 0.05) is 36.4 Å². The van der Waals surface area contributed by atoms with Crippen molar-refractivity contribution in [2.45, 2.75) is 26.8 Å². The van der Waals surface area contributed by atoms with E-state index in [4.69, 9.17) is 0 Å². The molecule has 3 amide bonds. The fourth-order valence-corrected chi connectivity index (χ4v) is 4.04. The molecular weight excluding hydrogens is 414 g/mol. The molecule has 0 aromatic heterocycles. The largest absolute Gasteiger partial charge is 0.338 e. The first-order valence-corrected chi connectivity index (χ1v) is 11.0. The van der Waals surface area contributed by atoms with Crippen LogP contribution in [0.4, 0.5) is 11.4 Å². The third kappa shape index (κ3) is 5.47. The third-order valence-corrected chi connectivity index (χ3v) is 5.82. The van der Waals surface area contributed by atoms with E-state index in [9.17, 15) is 14.4 Å². The summed E-state index contributed by atoms with van der Waals surface area (Å²) in [6.45, 7) is 4.83. The van der Waals surface area contributed by atoms with Crippen LogP contribution in [-0.4, -0.2) is 29.2 Å². The van der Waals surface area contributed by atoms with E-state index in [-0.39, 0.29) is 24.1 Å². The highest BCUT2D eigenvalue weighted by molar-refractivity contribution is 6.06. The van der Waals surface area contributed by atoms with E-state index in [2.05, 4.69) is 10.6 Å². The molecular formula is C27H27N3O3. The minimum absolute atomic E-state index is 0.0272. The topological polar surface area (TPSA) is 78.5 Å². The van der Waals surface area contributed by atoms with Crippen LogP contribution in [0.3, 0.4) is 0 Å². The second-order valence-corrected chi connectivity index (χ2v) is 8.50. The Bertz CT molecular complexity index is 1190. The predicted octanol–water partition coefficient (Wildman–Crippen LogP) is 4.54. The lowest BCUT2D eigenvalue weighted by Crippen LogP contribution is -2.28. The smallest absolute Gasteiger partial charge is 0.255 e. The highest BCUT2D eigenvalue weighted by atomic mass is 16.2. The maximum absolute atomic E-state index is 12.8. The summed E-state index contributed by atoms with van der Waals surface area (Å²) in [5.74, 6) is -0.913. The molecule has 0 radical (unpaired) electrons. The van der Waals surface area contributed by atoms with Crippen LogP contribution in [0.15, 0.2) is 72.8 Å². The highest BCUT2D eigenvalue weighted by Gasteiger charge is 2.34. The van der Waals surface area contributed by atoms with Gasteiger partial charge < -0.3 is 15.5 Å². The minimum Gasteiger partial charge on any atom is -0.338 e. The Balaban J connectivity index is 1.38. The van der Waals surface area contributed by atoms with Crippen molar-refractivity contribution in [3.63, 3.8) is 0 Å². The van der Waals surface area contributed by atoms with E-state index < -0.39 is 5.92 Å². The maximum Gasteiger partial charge on any atom is 0.255 e. The normalized spacial score (nSPS) is 15.4. The lowest BCUT2D eigenvalue weighted by Gasteiger charge is -2.17. The van der Waals surface area contributed by atoms with E-state index in [0.717, 1.165) is 22.4 Å². The van der Waals surface area contributed by atoms with Gasteiger partial charge >= 0.3 is 0 Å². The summed E-state index contributed by atoms with van der Waals surface area (Å²) in [7, 11) is 0.